The van der Waals surface area contributed by atoms with E-state index in [9.17, 15) is 9.59 Å². The maximum atomic E-state index is 13.3. The molecule has 1 saturated heterocycles. The summed E-state index contributed by atoms with van der Waals surface area (Å²) in [4.78, 5) is 29.5. The maximum absolute atomic E-state index is 13.3. The minimum atomic E-state index is -0.0915. The molecule has 1 heterocycles. The molecule has 0 bridgehead atoms. The lowest BCUT2D eigenvalue weighted by molar-refractivity contribution is -0.134. The molecule has 0 unspecified atom stereocenters. The third-order valence-corrected chi connectivity index (χ3v) is 6.32. The number of rotatable bonds is 6. The van der Waals surface area contributed by atoms with E-state index in [2.05, 4.69) is 36.2 Å². The zero-order valence-electron chi connectivity index (χ0n) is 17.6. The molecule has 1 aromatic rings. The predicted molar refractivity (Wildman–Crippen MR) is 113 cm³/mol. The third kappa shape index (κ3) is 4.93. The molecule has 1 aromatic carbocycles. The van der Waals surface area contributed by atoms with Gasteiger partial charge in [0.25, 0.3) is 0 Å². The van der Waals surface area contributed by atoms with Gasteiger partial charge in [0.1, 0.15) is 0 Å². The summed E-state index contributed by atoms with van der Waals surface area (Å²) in [6, 6.07) is 8.12. The lowest BCUT2D eigenvalue weighted by Crippen LogP contribution is -2.56. The second-order valence-electron chi connectivity index (χ2n) is 8.53. The minimum Gasteiger partial charge on any atom is -0.340 e. The van der Waals surface area contributed by atoms with Gasteiger partial charge in [0.2, 0.25) is 11.8 Å². The highest BCUT2D eigenvalue weighted by Crippen LogP contribution is 2.32. The fourth-order valence-corrected chi connectivity index (χ4v) is 4.59. The second kappa shape index (κ2) is 9.55. The molecular weight excluding hydrogens is 350 g/mol. The number of nitrogens with one attached hydrogen (secondary N) is 1. The Morgan fingerprint density at radius 1 is 1.04 bits per heavy atom. The molecule has 0 aromatic heterocycles. The van der Waals surface area contributed by atoms with Crippen LogP contribution in [0, 0.1) is 5.92 Å². The molecule has 1 aliphatic heterocycles. The van der Waals surface area contributed by atoms with Crippen molar-refractivity contribution in [3.05, 3.63) is 29.8 Å². The van der Waals surface area contributed by atoms with Crippen LogP contribution < -0.4 is 5.32 Å². The summed E-state index contributed by atoms with van der Waals surface area (Å²) in [6.07, 6.45) is 5.23. The predicted octanol–water partition coefficient (Wildman–Crippen LogP) is 3.86. The van der Waals surface area contributed by atoms with E-state index in [0.717, 1.165) is 44.7 Å². The van der Waals surface area contributed by atoms with E-state index in [0.29, 0.717) is 18.3 Å². The molecule has 2 amide bonds. The highest BCUT2D eigenvalue weighted by molar-refractivity contribution is 5.95. The van der Waals surface area contributed by atoms with Gasteiger partial charge >= 0.3 is 0 Å². The first-order valence-corrected chi connectivity index (χ1v) is 10.9. The number of carbonyl (C=O) groups excluding carboxylic acids is 2. The quantitative estimate of drug-likeness (QED) is 0.809. The van der Waals surface area contributed by atoms with Gasteiger partial charge in [-0.25, -0.2) is 0 Å². The van der Waals surface area contributed by atoms with Gasteiger partial charge in [0.15, 0.2) is 0 Å². The molecule has 5 nitrogen and oxygen atoms in total. The molecule has 1 N–H and O–H groups in total. The zero-order chi connectivity index (χ0) is 20.1. The molecule has 0 radical (unpaired) electrons. The van der Waals surface area contributed by atoms with Gasteiger partial charge in [-0.05, 0) is 42.4 Å². The smallest absolute Gasteiger partial charge is 0.242 e. The first kappa shape index (κ1) is 20.8. The van der Waals surface area contributed by atoms with E-state index in [-0.39, 0.29) is 17.9 Å². The van der Waals surface area contributed by atoms with Gasteiger partial charge in [0.05, 0.1) is 6.04 Å². The first-order valence-electron chi connectivity index (χ1n) is 10.9. The van der Waals surface area contributed by atoms with Crippen LogP contribution >= 0.6 is 0 Å². The molecule has 3 rings (SSSR count). The molecule has 2 fully saturated rings. The van der Waals surface area contributed by atoms with Gasteiger partial charge in [-0.1, -0.05) is 45.7 Å². The standard InChI is InChI=1S/C23H35N3O2/c1-4-21(27)25-13-15-26(16-14-25)22(19-7-5-6-8-19)23(28)24-20-11-9-18(10-12-20)17(2)3/h9-12,17,19,22H,4-8,13-16H2,1-3H3,(H,24,28)/t22-/m0/s1. The number of hydrogen-bond acceptors (Lipinski definition) is 3. The molecular formula is C23H35N3O2. The van der Waals surface area contributed by atoms with Crippen LogP contribution in [0.1, 0.15) is 64.4 Å². The van der Waals surface area contributed by atoms with Crippen molar-refractivity contribution in [1.29, 1.82) is 0 Å². The van der Waals surface area contributed by atoms with Crippen molar-refractivity contribution in [2.45, 2.75) is 64.8 Å². The van der Waals surface area contributed by atoms with E-state index in [1.807, 2.05) is 24.0 Å². The molecule has 28 heavy (non-hydrogen) atoms. The second-order valence-corrected chi connectivity index (χ2v) is 8.53. The fourth-order valence-electron chi connectivity index (χ4n) is 4.59. The Balaban J connectivity index is 1.67. The van der Waals surface area contributed by atoms with E-state index in [1.165, 1.54) is 18.4 Å². The molecule has 154 valence electrons. The number of benzene rings is 1. The third-order valence-electron chi connectivity index (χ3n) is 6.32. The van der Waals surface area contributed by atoms with Crippen molar-refractivity contribution in [1.82, 2.24) is 9.80 Å². The lowest BCUT2D eigenvalue weighted by Gasteiger charge is -2.40. The lowest BCUT2D eigenvalue weighted by atomic mass is 9.94. The Kier molecular flexibility index (Phi) is 7.11. The van der Waals surface area contributed by atoms with Crippen LogP contribution in [0.2, 0.25) is 0 Å². The Bertz CT molecular complexity index is 657. The van der Waals surface area contributed by atoms with Crippen LogP contribution in [-0.2, 0) is 9.59 Å². The summed E-state index contributed by atoms with van der Waals surface area (Å²) >= 11 is 0. The Morgan fingerprint density at radius 3 is 2.18 bits per heavy atom. The van der Waals surface area contributed by atoms with Crippen molar-refractivity contribution in [2.75, 3.05) is 31.5 Å². The van der Waals surface area contributed by atoms with Crippen LogP contribution in [0.15, 0.2) is 24.3 Å². The van der Waals surface area contributed by atoms with Crippen molar-refractivity contribution < 1.29 is 9.59 Å². The normalized spacial score (nSPS) is 19.8. The number of nitrogens with zero attached hydrogens (tertiary/aromatic N) is 2. The summed E-state index contributed by atoms with van der Waals surface area (Å²) in [5.41, 5.74) is 2.15. The number of hydrogen-bond donors (Lipinski definition) is 1. The van der Waals surface area contributed by atoms with Gasteiger partial charge in [-0.2, -0.15) is 0 Å². The van der Waals surface area contributed by atoms with Gasteiger partial charge in [-0.3, -0.25) is 14.5 Å². The van der Waals surface area contributed by atoms with Crippen LogP contribution in [0.5, 0.6) is 0 Å². The van der Waals surface area contributed by atoms with E-state index in [4.69, 9.17) is 0 Å². The summed E-state index contributed by atoms with van der Waals surface area (Å²) < 4.78 is 0. The Labute approximate surface area is 169 Å². The average Bonchev–Trinajstić information content (AvgIpc) is 3.22. The minimum absolute atomic E-state index is 0.0915. The SMILES string of the molecule is CCC(=O)N1CCN([C@H](C(=O)Nc2ccc(C(C)C)cc2)C2CCCC2)CC1. The highest BCUT2D eigenvalue weighted by Gasteiger charge is 2.37. The Hall–Kier alpha value is -1.88. The van der Waals surface area contributed by atoms with Crippen LogP contribution in [0.4, 0.5) is 5.69 Å². The molecule has 1 aliphatic carbocycles. The molecule has 0 spiro atoms. The maximum Gasteiger partial charge on any atom is 0.242 e. The fraction of sp³-hybridized carbons (Fsp3) is 0.652. The average molecular weight is 386 g/mol. The molecule has 1 saturated carbocycles. The summed E-state index contributed by atoms with van der Waals surface area (Å²) in [5, 5.41) is 3.17. The van der Waals surface area contributed by atoms with Crippen LogP contribution in [0.3, 0.4) is 0 Å². The summed E-state index contributed by atoms with van der Waals surface area (Å²) in [5.74, 6) is 1.23. The number of amides is 2. The topological polar surface area (TPSA) is 52.7 Å². The number of carbonyl (C=O) groups is 2. The molecule has 2 aliphatic rings. The summed E-state index contributed by atoms with van der Waals surface area (Å²) in [7, 11) is 0. The van der Waals surface area contributed by atoms with Crippen molar-refractivity contribution >= 4 is 17.5 Å². The zero-order valence-corrected chi connectivity index (χ0v) is 17.6. The number of anilines is 1. The largest absolute Gasteiger partial charge is 0.340 e. The van der Waals surface area contributed by atoms with Crippen molar-refractivity contribution in [3.8, 4) is 0 Å². The molecule has 1 atom stereocenters. The van der Waals surface area contributed by atoms with E-state index in [1.54, 1.807) is 0 Å². The van der Waals surface area contributed by atoms with E-state index < -0.39 is 0 Å². The molecule has 5 heteroatoms. The van der Waals surface area contributed by atoms with Gasteiger partial charge in [0, 0.05) is 38.3 Å². The van der Waals surface area contributed by atoms with Crippen LogP contribution in [0.25, 0.3) is 0 Å². The monoisotopic (exact) mass is 385 g/mol. The Morgan fingerprint density at radius 2 is 1.64 bits per heavy atom. The summed E-state index contributed by atoms with van der Waals surface area (Å²) in [6.45, 7) is 9.28. The van der Waals surface area contributed by atoms with Crippen LogP contribution in [-0.4, -0.2) is 53.8 Å². The van der Waals surface area contributed by atoms with Gasteiger partial charge in [-0.15, -0.1) is 0 Å². The van der Waals surface area contributed by atoms with Gasteiger partial charge < -0.3 is 10.2 Å². The number of piperazine rings is 1. The highest BCUT2D eigenvalue weighted by atomic mass is 16.2. The van der Waals surface area contributed by atoms with Crippen molar-refractivity contribution in [3.63, 3.8) is 0 Å². The first-order chi connectivity index (χ1) is 13.5. The van der Waals surface area contributed by atoms with E-state index >= 15 is 0 Å². The van der Waals surface area contributed by atoms with Crippen molar-refractivity contribution in [2.24, 2.45) is 5.92 Å².